The Kier molecular flexibility index (Phi) is 2.85. The minimum Gasteiger partial charge on any atom is -0.324 e. The molecule has 0 heterocycles. The first-order valence-corrected chi connectivity index (χ1v) is 6.11. The van der Waals surface area contributed by atoms with Crippen LogP contribution in [0.15, 0.2) is 0 Å². The van der Waals surface area contributed by atoms with E-state index in [-0.39, 0.29) is 5.54 Å². The van der Waals surface area contributed by atoms with Crippen LogP contribution in [0.3, 0.4) is 0 Å². The van der Waals surface area contributed by atoms with Gasteiger partial charge in [-0.15, -0.1) is 0 Å². The van der Waals surface area contributed by atoms with E-state index in [0.29, 0.717) is 0 Å². The van der Waals surface area contributed by atoms with E-state index in [1.165, 1.54) is 32.1 Å². The van der Waals surface area contributed by atoms with Crippen LogP contribution in [0.5, 0.6) is 0 Å². The minimum atomic E-state index is 0.0972. The summed E-state index contributed by atoms with van der Waals surface area (Å²) < 4.78 is 0. The highest BCUT2D eigenvalue weighted by Gasteiger charge is 2.36. The van der Waals surface area contributed by atoms with Crippen LogP contribution in [-0.4, -0.2) is 18.1 Å². The maximum Gasteiger partial charge on any atom is 0.0283 e. The average Bonchev–Trinajstić information content (AvgIpc) is 2.79. The maximum absolute atomic E-state index is 6.41. The van der Waals surface area contributed by atoms with Crippen molar-refractivity contribution < 1.29 is 0 Å². The van der Waals surface area contributed by atoms with Gasteiger partial charge in [0.05, 0.1) is 0 Å². The smallest absolute Gasteiger partial charge is 0.0283 e. The van der Waals surface area contributed by atoms with Gasteiger partial charge in [0.2, 0.25) is 0 Å². The molecule has 2 heteroatoms. The van der Waals surface area contributed by atoms with Gasteiger partial charge in [-0.05, 0) is 31.1 Å². The van der Waals surface area contributed by atoms with Crippen LogP contribution in [-0.2, 0) is 0 Å². The van der Waals surface area contributed by atoms with Gasteiger partial charge < -0.3 is 11.1 Å². The fourth-order valence-electron chi connectivity index (χ4n) is 2.80. The molecule has 2 aliphatic carbocycles. The Morgan fingerprint density at radius 2 is 2.14 bits per heavy atom. The molecule has 2 aliphatic rings. The Bertz CT molecular complexity index is 204. The molecule has 0 amide bonds. The molecule has 2 saturated carbocycles. The van der Waals surface area contributed by atoms with E-state index in [0.717, 1.165) is 24.4 Å². The molecule has 0 aliphatic heterocycles. The highest BCUT2D eigenvalue weighted by atomic mass is 15.0. The van der Waals surface area contributed by atoms with Gasteiger partial charge in [0.1, 0.15) is 0 Å². The lowest BCUT2D eigenvalue weighted by molar-refractivity contribution is 0.228. The van der Waals surface area contributed by atoms with E-state index in [2.05, 4.69) is 19.2 Å². The zero-order valence-corrected chi connectivity index (χ0v) is 9.55. The van der Waals surface area contributed by atoms with Crippen molar-refractivity contribution in [2.45, 2.75) is 57.5 Å². The Labute approximate surface area is 87.6 Å². The Hall–Kier alpha value is -0.0800. The molecule has 2 fully saturated rings. The SMILES string of the molecule is CC1CCCC(N)(CNC2CC2C)C1. The van der Waals surface area contributed by atoms with Gasteiger partial charge in [0.15, 0.2) is 0 Å². The zero-order chi connectivity index (χ0) is 10.2. The molecular weight excluding hydrogens is 172 g/mol. The molecule has 82 valence electrons. The molecule has 4 atom stereocenters. The predicted octanol–water partition coefficient (Wildman–Crippen LogP) is 1.89. The first-order chi connectivity index (χ1) is 6.59. The first-order valence-electron chi connectivity index (χ1n) is 6.11. The van der Waals surface area contributed by atoms with Crippen molar-refractivity contribution in [3.05, 3.63) is 0 Å². The lowest BCUT2D eigenvalue weighted by Gasteiger charge is -2.37. The predicted molar refractivity (Wildman–Crippen MR) is 60.1 cm³/mol. The summed E-state index contributed by atoms with van der Waals surface area (Å²) in [6, 6.07) is 0.771. The van der Waals surface area contributed by atoms with Gasteiger partial charge in [-0.3, -0.25) is 0 Å². The van der Waals surface area contributed by atoms with Crippen LogP contribution in [0.4, 0.5) is 0 Å². The topological polar surface area (TPSA) is 38.0 Å². The largest absolute Gasteiger partial charge is 0.324 e. The number of nitrogens with two attached hydrogens (primary N) is 1. The van der Waals surface area contributed by atoms with Gasteiger partial charge in [0.25, 0.3) is 0 Å². The molecule has 2 nitrogen and oxygen atoms in total. The molecule has 0 aromatic rings. The molecule has 4 unspecified atom stereocenters. The first kappa shape index (κ1) is 10.4. The minimum absolute atomic E-state index is 0.0972. The van der Waals surface area contributed by atoms with Crippen molar-refractivity contribution in [2.24, 2.45) is 17.6 Å². The third-order valence-electron chi connectivity index (χ3n) is 3.95. The van der Waals surface area contributed by atoms with Crippen LogP contribution in [0.25, 0.3) is 0 Å². The van der Waals surface area contributed by atoms with E-state index >= 15 is 0 Å². The average molecular weight is 196 g/mol. The van der Waals surface area contributed by atoms with Gasteiger partial charge in [-0.25, -0.2) is 0 Å². The number of nitrogens with one attached hydrogen (secondary N) is 1. The van der Waals surface area contributed by atoms with Crippen LogP contribution < -0.4 is 11.1 Å². The van der Waals surface area contributed by atoms with E-state index in [4.69, 9.17) is 5.73 Å². The summed E-state index contributed by atoms with van der Waals surface area (Å²) in [5.41, 5.74) is 6.51. The molecular formula is C12H24N2. The van der Waals surface area contributed by atoms with Crippen molar-refractivity contribution in [1.82, 2.24) is 5.32 Å². The summed E-state index contributed by atoms with van der Waals surface area (Å²) in [5, 5.41) is 3.61. The third kappa shape index (κ3) is 2.48. The Morgan fingerprint density at radius 1 is 1.43 bits per heavy atom. The van der Waals surface area contributed by atoms with Crippen LogP contribution in [0.1, 0.15) is 46.0 Å². The molecule has 3 N–H and O–H groups in total. The van der Waals surface area contributed by atoms with Crippen LogP contribution in [0.2, 0.25) is 0 Å². The van der Waals surface area contributed by atoms with Crippen molar-refractivity contribution in [3.8, 4) is 0 Å². The summed E-state index contributed by atoms with van der Waals surface area (Å²) >= 11 is 0. The van der Waals surface area contributed by atoms with Gasteiger partial charge in [0, 0.05) is 18.1 Å². The number of hydrogen-bond donors (Lipinski definition) is 2. The molecule has 0 bridgehead atoms. The van der Waals surface area contributed by atoms with Gasteiger partial charge in [-0.1, -0.05) is 26.7 Å². The molecule has 0 aromatic carbocycles. The monoisotopic (exact) mass is 196 g/mol. The van der Waals surface area contributed by atoms with Crippen molar-refractivity contribution >= 4 is 0 Å². The third-order valence-corrected chi connectivity index (χ3v) is 3.95. The molecule has 2 rings (SSSR count). The molecule has 0 saturated heterocycles. The van der Waals surface area contributed by atoms with E-state index < -0.39 is 0 Å². The fraction of sp³-hybridized carbons (Fsp3) is 1.00. The Balaban J connectivity index is 1.76. The maximum atomic E-state index is 6.41. The van der Waals surface area contributed by atoms with Crippen molar-refractivity contribution in [1.29, 1.82) is 0 Å². The van der Waals surface area contributed by atoms with Crippen LogP contribution in [0, 0.1) is 11.8 Å². The fourth-order valence-corrected chi connectivity index (χ4v) is 2.80. The molecule has 0 aromatic heterocycles. The van der Waals surface area contributed by atoms with Gasteiger partial charge in [-0.2, -0.15) is 0 Å². The second-order valence-corrected chi connectivity index (χ2v) is 5.76. The van der Waals surface area contributed by atoms with Gasteiger partial charge >= 0.3 is 0 Å². The lowest BCUT2D eigenvalue weighted by atomic mass is 9.77. The number of rotatable bonds is 3. The molecule has 14 heavy (non-hydrogen) atoms. The molecule has 0 radical (unpaired) electrons. The van der Waals surface area contributed by atoms with Crippen LogP contribution >= 0.6 is 0 Å². The lowest BCUT2D eigenvalue weighted by Crippen LogP contribution is -2.52. The summed E-state index contributed by atoms with van der Waals surface area (Å²) in [5.74, 6) is 1.71. The van der Waals surface area contributed by atoms with E-state index in [1.54, 1.807) is 0 Å². The summed E-state index contributed by atoms with van der Waals surface area (Å²) in [6.07, 6.45) is 6.47. The zero-order valence-electron chi connectivity index (χ0n) is 9.55. The van der Waals surface area contributed by atoms with E-state index in [1.807, 2.05) is 0 Å². The second-order valence-electron chi connectivity index (χ2n) is 5.76. The van der Waals surface area contributed by atoms with Crippen molar-refractivity contribution in [3.63, 3.8) is 0 Å². The standard InChI is InChI=1S/C12H24N2/c1-9-4-3-5-12(13,7-9)8-14-11-6-10(11)2/h9-11,14H,3-8,13H2,1-2H3. The van der Waals surface area contributed by atoms with E-state index in [9.17, 15) is 0 Å². The Morgan fingerprint density at radius 3 is 2.71 bits per heavy atom. The summed E-state index contributed by atoms with van der Waals surface area (Å²) in [6.45, 7) is 5.68. The summed E-state index contributed by atoms with van der Waals surface area (Å²) in [4.78, 5) is 0. The highest BCUT2D eigenvalue weighted by Crippen LogP contribution is 2.32. The van der Waals surface area contributed by atoms with Crippen molar-refractivity contribution in [2.75, 3.05) is 6.54 Å². The highest BCUT2D eigenvalue weighted by molar-refractivity contribution is 4.96. The quantitative estimate of drug-likeness (QED) is 0.723. The normalized spacial score (nSPS) is 47.8. The second kappa shape index (κ2) is 3.82. The summed E-state index contributed by atoms with van der Waals surface area (Å²) in [7, 11) is 0. The number of hydrogen-bond acceptors (Lipinski definition) is 2. The molecule has 0 spiro atoms.